The van der Waals surface area contributed by atoms with Crippen molar-refractivity contribution in [1.82, 2.24) is 19.9 Å². The number of nitriles is 1. The number of rotatable bonds is 3. The van der Waals surface area contributed by atoms with Crippen molar-refractivity contribution in [3.63, 3.8) is 0 Å². The number of ether oxygens (including phenoxy) is 1. The minimum absolute atomic E-state index is 0.0114. The molecule has 10 heteroatoms. The number of nitrogens with zero attached hydrogens (tertiary/aromatic N) is 4. The van der Waals surface area contributed by atoms with Crippen molar-refractivity contribution in [3.05, 3.63) is 53.2 Å². The highest BCUT2D eigenvalue weighted by atomic mass is 19.1. The highest BCUT2D eigenvalue weighted by Gasteiger charge is 2.18. The van der Waals surface area contributed by atoms with Crippen molar-refractivity contribution in [2.24, 2.45) is 0 Å². The van der Waals surface area contributed by atoms with E-state index in [4.69, 9.17) is 10.00 Å². The predicted molar refractivity (Wildman–Crippen MR) is 89.4 cm³/mol. The van der Waals surface area contributed by atoms with Gasteiger partial charge < -0.3 is 15.4 Å². The van der Waals surface area contributed by atoms with Gasteiger partial charge in [-0.25, -0.2) is 13.9 Å². The molecule has 9 nitrogen and oxygen atoms in total. The minimum atomic E-state index is -0.730. The van der Waals surface area contributed by atoms with E-state index in [1.807, 2.05) is 6.07 Å². The molecule has 1 aliphatic rings. The topological polar surface area (TPSA) is 121 Å². The fourth-order valence-corrected chi connectivity index (χ4v) is 2.65. The Morgan fingerprint density at radius 1 is 1.44 bits per heavy atom. The maximum Gasteiger partial charge on any atom is 0.270 e. The molecule has 0 bridgehead atoms. The number of benzene rings is 1. The molecule has 3 aromatic rings. The zero-order valence-corrected chi connectivity index (χ0v) is 13.7. The Bertz CT molecular complexity index is 1130. The first-order valence-electron chi connectivity index (χ1n) is 7.83. The van der Waals surface area contributed by atoms with Crippen LogP contribution in [0.4, 0.5) is 10.1 Å². The lowest BCUT2D eigenvalue weighted by atomic mass is 10.1. The molecule has 134 valence electrons. The number of fused-ring (bicyclic) bond motifs is 2. The summed E-state index contributed by atoms with van der Waals surface area (Å²) in [6, 6.07) is 8.19. The Morgan fingerprint density at radius 2 is 2.30 bits per heavy atom. The van der Waals surface area contributed by atoms with Crippen LogP contribution in [0.2, 0.25) is 0 Å². The number of halogens is 1. The van der Waals surface area contributed by atoms with Gasteiger partial charge in [0.15, 0.2) is 18.1 Å². The number of nitrogens with one attached hydrogen (secondary N) is 2. The SMILES string of the molecule is N#Cc1cc(C(=O)NCc2ccc3c(c2)NC(=O)CO3)nc2c(F)cnn12. The molecular weight excluding hydrogens is 355 g/mol. The summed E-state index contributed by atoms with van der Waals surface area (Å²) in [5.74, 6) is -1.01. The molecule has 0 saturated heterocycles. The molecule has 0 spiro atoms. The molecule has 4 rings (SSSR count). The van der Waals surface area contributed by atoms with Crippen LogP contribution in [-0.2, 0) is 11.3 Å². The third-order valence-corrected chi connectivity index (χ3v) is 3.91. The van der Waals surface area contributed by atoms with E-state index in [0.29, 0.717) is 17.0 Å². The van der Waals surface area contributed by atoms with Gasteiger partial charge in [0.25, 0.3) is 11.8 Å². The number of aromatic nitrogens is 3. The van der Waals surface area contributed by atoms with Crippen LogP contribution in [0, 0.1) is 17.1 Å². The molecule has 0 fully saturated rings. The smallest absolute Gasteiger partial charge is 0.270 e. The fraction of sp³-hybridized carbons (Fsp3) is 0.118. The maximum atomic E-state index is 13.7. The first-order chi connectivity index (χ1) is 13.0. The molecule has 0 aliphatic carbocycles. The number of amides is 2. The van der Waals surface area contributed by atoms with Gasteiger partial charge in [-0.1, -0.05) is 6.07 Å². The van der Waals surface area contributed by atoms with Crippen molar-refractivity contribution in [2.75, 3.05) is 11.9 Å². The second-order valence-corrected chi connectivity index (χ2v) is 5.72. The second-order valence-electron chi connectivity index (χ2n) is 5.72. The van der Waals surface area contributed by atoms with Crippen LogP contribution in [0.1, 0.15) is 21.7 Å². The molecule has 2 N–H and O–H groups in total. The molecule has 0 radical (unpaired) electrons. The van der Waals surface area contributed by atoms with Crippen molar-refractivity contribution in [2.45, 2.75) is 6.54 Å². The molecule has 0 saturated carbocycles. The first-order valence-corrected chi connectivity index (χ1v) is 7.83. The molecule has 2 aromatic heterocycles. The van der Waals surface area contributed by atoms with Gasteiger partial charge in [0.2, 0.25) is 0 Å². The zero-order chi connectivity index (χ0) is 19.0. The summed E-state index contributed by atoms with van der Waals surface area (Å²) >= 11 is 0. The molecule has 2 amide bonds. The Labute approximate surface area is 151 Å². The van der Waals surface area contributed by atoms with Gasteiger partial charge in [-0.15, -0.1) is 0 Å². The van der Waals surface area contributed by atoms with Crippen LogP contribution in [0.15, 0.2) is 30.5 Å². The van der Waals surface area contributed by atoms with Gasteiger partial charge in [-0.2, -0.15) is 10.4 Å². The molecule has 27 heavy (non-hydrogen) atoms. The summed E-state index contributed by atoms with van der Waals surface area (Å²) in [5, 5.41) is 18.2. The first kappa shape index (κ1) is 16.5. The third kappa shape index (κ3) is 3.02. The third-order valence-electron chi connectivity index (χ3n) is 3.91. The van der Waals surface area contributed by atoms with E-state index in [-0.39, 0.29) is 36.1 Å². The van der Waals surface area contributed by atoms with Crippen molar-refractivity contribution in [1.29, 1.82) is 5.26 Å². The summed E-state index contributed by atoms with van der Waals surface area (Å²) in [4.78, 5) is 27.7. The normalized spacial score (nSPS) is 12.7. The fourth-order valence-electron chi connectivity index (χ4n) is 2.65. The summed E-state index contributed by atoms with van der Waals surface area (Å²) in [7, 11) is 0. The molecule has 0 unspecified atom stereocenters. The van der Waals surface area contributed by atoms with E-state index in [1.165, 1.54) is 6.07 Å². The van der Waals surface area contributed by atoms with Gasteiger partial charge >= 0.3 is 0 Å². The lowest BCUT2D eigenvalue weighted by Gasteiger charge is -2.18. The number of anilines is 1. The second kappa shape index (κ2) is 6.38. The van der Waals surface area contributed by atoms with Crippen molar-refractivity contribution >= 4 is 23.1 Å². The van der Waals surface area contributed by atoms with Crippen molar-refractivity contribution < 1.29 is 18.7 Å². The predicted octanol–water partition coefficient (Wildman–Crippen LogP) is 1.00. The molecule has 0 atom stereocenters. The van der Waals surface area contributed by atoms with Crippen LogP contribution in [0.5, 0.6) is 5.75 Å². The largest absolute Gasteiger partial charge is 0.482 e. The Balaban J connectivity index is 1.54. The maximum absolute atomic E-state index is 13.7. The van der Waals surface area contributed by atoms with Crippen LogP contribution < -0.4 is 15.4 Å². The van der Waals surface area contributed by atoms with E-state index < -0.39 is 11.7 Å². The Morgan fingerprint density at radius 3 is 3.11 bits per heavy atom. The van der Waals surface area contributed by atoms with Crippen molar-refractivity contribution in [3.8, 4) is 11.8 Å². The highest BCUT2D eigenvalue weighted by Crippen LogP contribution is 2.28. The molecular formula is C17H11FN6O3. The van der Waals surface area contributed by atoms with Gasteiger partial charge in [0.05, 0.1) is 11.9 Å². The van der Waals surface area contributed by atoms with Crippen LogP contribution in [0.3, 0.4) is 0 Å². The summed E-state index contributed by atoms with van der Waals surface area (Å²) in [6.07, 6.45) is 0.925. The van der Waals surface area contributed by atoms with Gasteiger partial charge in [-0.05, 0) is 17.7 Å². The summed E-state index contributed by atoms with van der Waals surface area (Å²) < 4.78 is 20.0. The monoisotopic (exact) mass is 366 g/mol. The summed E-state index contributed by atoms with van der Waals surface area (Å²) in [5.41, 5.74) is 0.916. The molecule has 1 aromatic carbocycles. The minimum Gasteiger partial charge on any atom is -0.482 e. The lowest BCUT2D eigenvalue weighted by Crippen LogP contribution is -2.26. The van der Waals surface area contributed by atoms with E-state index in [9.17, 15) is 14.0 Å². The number of hydrogen-bond donors (Lipinski definition) is 2. The average molecular weight is 366 g/mol. The van der Waals surface area contributed by atoms with E-state index >= 15 is 0 Å². The van der Waals surface area contributed by atoms with E-state index in [2.05, 4.69) is 20.7 Å². The van der Waals surface area contributed by atoms with E-state index in [0.717, 1.165) is 10.7 Å². The quantitative estimate of drug-likeness (QED) is 0.713. The van der Waals surface area contributed by atoms with Crippen LogP contribution in [-0.4, -0.2) is 33.0 Å². The number of carbonyl (C=O) groups is 2. The molecule has 1 aliphatic heterocycles. The van der Waals surface area contributed by atoms with Gasteiger partial charge in [-0.3, -0.25) is 9.59 Å². The number of carbonyl (C=O) groups excluding carboxylic acids is 2. The lowest BCUT2D eigenvalue weighted by molar-refractivity contribution is -0.118. The number of hydrogen-bond acceptors (Lipinski definition) is 6. The Kier molecular flexibility index (Phi) is 3.89. The summed E-state index contributed by atoms with van der Waals surface area (Å²) in [6.45, 7) is 0.0993. The molecule has 3 heterocycles. The van der Waals surface area contributed by atoms with Crippen LogP contribution >= 0.6 is 0 Å². The van der Waals surface area contributed by atoms with Gasteiger partial charge in [0.1, 0.15) is 23.2 Å². The standard InChI is InChI=1S/C17H11FN6O3/c18-11-7-21-24-10(5-19)4-13(23-16(11)24)17(26)20-6-9-1-2-14-12(3-9)22-15(25)8-27-14/h1-4,7H,6,8H2,(H,20,26)(H,22,25). The zero-order valence-electron chi connectivity index (χ0n) is 13.7. The average Bonchev–Trinajstić information content (AvgIpc) is 3.06. The Hall–Kier alpha value is -4.00. The van der Waals surface area contributed by atoms with Gasteiger partial charge in [0, 0.05) is 12.6 Å². The highest BCUT2D eigenvalue weighted by molar-refractivity contribution is 5.95. The van der Waals surface area contributed by atoms with Crippen LogP contribution in [0.25, 0.3) is 5.65 Å². The van der Waals surface area contributed by atoms with E-state index in [1.54, 1.807) is 18.2 Å².